The summed E-state index contributed by atoms with van der Waals surface area (Å²) in [6, 6.07) is 0. The van der Waals surface area contributed by atoms with Gasteiger partial charge in [-0.05, 0) is 13.2 Å². The van der Waals surface area contributed by atoms with Gasteiger partial charge in [0.25, 0.3) is 5.91 Å². The van der Waals surface area contributed by atoms with Gasteiger partial charge < -0.3 is 10.0 Å². The minimum Gasteiger partial charge on any atom is -0.392 e. The van der Waals surface area contributed by atoms with E-state index in [2.05, 4.69) is 9.97 Å². The number of nitrogens with zero attached hydrogens (tertiary/aromatic N) is 3. The summed E-state index contributed by atoms with van der Waals surface area (Å²) < 4.78 is 0. The predicted octanol–water partition coefficient (Wildman–Crippen LogP) is 1.30. The minimum atomic E-state index is -0.593. The van der Waals surface area contributed by atoms with Crippen LogP contribution in [0, 0.1) is 0 Å². The molecule has 1 atom stereocenters. The minimum absolute atomic E-state index is 0.161. The van der Waals surface area contributed by atoms with Crippen molar-refractivity contribution in [2.24, 2.45) is 0 Å². The van der Waals surface area contributed by atoms with Gasteiger partial charge in [0.15, 0.2) is 10.9 Å². The van der Waals surface area contributed by atoms with Gasteiger partial charge in [0.05, 0.1) is 17.3 Å². The Morgan fingerprint density at radius 2 is 2.35 bits per heavy atom. The van der Waals surface area contributed by atoms with Gasteiger partial charge in [-0.25, -0.2) is 9.97 Å². The normalized spacial score (nSPS) is 12.3. The highest BCUT2D eigenvalue weighted by Crippen LogP contribution is 2.17. The van der Waals surface area contributed by atoms with E-state index in [0.29, 0.717) is 5.16 Å². The number of hydrogen-bond donors (Lipinski definition) is 1. The summed E-state index contributed by atoms with van der Waals surface area (Å²) >= 11 is 7.22. The smallest absolute Gasteiger partial charge is 0.274 e. The first-order valence-electron chi connectivity index (χ1n) is 4.95. The molecule has 0 radical (unpaired) electrons. The van der Waals surface area contributed by atoms with Crippen LogP contribution < -0.4 is 0 Å². The number of carbonyl (C=O) groups is 1. The highest BCUT2D eigenvalue weighted by Gasteiger charge is 2.19. The number of rotatable bonds is 4. The van der Waals surface area contributed by atoms with Crippen molar-refractivity contribution in [3.63, 3.8) is 0 Å². The fourth-order valence-electron chi connectivity index (χ4n) is 1.26. The molecular weight excluding hydrogens is 262 g/mol. The van der Waals surface area contributed by atoms with E-state index in [-0.39, 0.29) is 23.2 Å². The van der Waals surface area contributed by atoms with E-state index in [0.717, 1.165) is 0 Å². The van der Waals surface area contributed by atoms with Crippen LogP contribution in [0.5, 0.6) is 0 Å². The van der Waals surface area contributed by atoms with Gasteiger partial charge in [-0.15, -0.1) is 0 Å². The SMILES string of the molecule is CSc1ncc(Cl)c(C(=O)N(C)CC(C)O)n1. The van der Waals surface area contributed by atoms with Crippen LogP contribution in [0.1, 0.15) is 17.4 Å². The Labute approximate surface area is 109 Å². The third-order valence-corrected chi connectivity index (χ3v) is 2.83. The van der Waals surface area contributed by atoms with Crippen LogP contribution >= 0.6 is 23.4 Å². The van der Waals surface area contributed by atoms with Crippen molar-refractivity contribution in [1.29, 1.82) is 0 Å². The van der Waals surface area contributed by atoms with Crippen molar-refractivity contribution in [2.75, 3.05) is 19.8 Å². The molecule has 7 heteroatoms. The first-order chi connectivity index (χ1) is 7.95. The Hall–Kier alpha value is -0.850. The Morgan fingerprint density at radius 1 is 1.71 bits per heavy atom. The molecule has 0 aliphatic heterocycles. The van der Waals surface area contributed by atoms with E-state index in [1.54, 1.807) is 14.0 Å². The third-order valence-electron chi connectivity index (χ3n) is 1.99. The zero-order chi connectivity index (χ0) is 13.0. The lowest BCUT2D eigenvalue weighted by atomic mass is 10.3. The van der Waals surface area contributed by atoms with Crippen molar-refractivity contribution in [2.45, 2.75) is 18.2 Å². The maximum Gasteiger partial charge on any atom is 0.274 e. The molecule has 94 valence electrons. The van der Waals surface area contributed by atoms with Gasteiger partial charge >= 0.3 is 0 Å². The van der Waals surface area contributed by atoms with E-state index in [1.165, 1.54) is 22.9 Å². The predicted molar refractivity (Wildman–Crippen MR) is 67.5 cm³/mol. The van der Waals surface area contributed by atoms with Gasteiger partial charge in [-0.2, -0.15) is 0 Å². The standard InChI is InChI=1S/C10H14ClN3O2S/c1-6(15)5-14(2)9(16)8-7(11)4-12-10(13-8)17-3/h4,6,15H,5H2,1-3H3. The number of amides is 1. The Bertz CT molecular complexity index is 415. The average molecular weight is 276 g/mol. The number of aromatic nitrogens is 2. The van der Waals surface area contributed by atoms with Crippen LogP contribution in [0.25, 0.3) is 0 Å². The largest absolute Gasteiger partial charge is 0.392 e. The molecule has 1 aromatic rings. The number of likely N-dealkylation sites (N-methyl/N-ethyl adjacent to an activating group) is 1. The topological polar surface area (TPSA) is 66.3 Å². The lowest BCUT2D eigenvalue weighted by molar-refractivity contribution is 0.0697. The molecule has 5 nitrogen and oxygen atoms in total. The zero-order valence-corrected chi connectivity index (χ0v) is 11.4. The van der Waals surface area contributed by atoms with E-state index in [1.807, 2.05) is 6.26 Å². The zero-order valence-electron chi connectivity index (χ0n) is 9.85. The van der Waals surface area contributed by atoms with Crippen LogP contribution in [-0.2, 0) is 0 Å². The second kappa shape index (κ2) is 6.18. The van der Waals surface area contributed by atoms with Gasteiger partial charge in [0.2, 0.25) is 0 Å². The maximum absolute atomic E-state index is 12.0. The van der Waals surface area contributed by atoms with Crippen LogP contribution in [0.15, 0.2) is 11.4 Å². The monoisotopic (exact) mass is 275 g/mol. The highest BCUT2D eigenvalue weighted by atomic mass is 35.5. The molecule has 1 N–H and O–H groups in total. The summed E-state index contributed by atoms with van der Waals surface area (Å²) in [5.41, 5.74) is 0.161. The van der Waals surface area contributed by atoms with E-state index in [4.69, 9.17) is 11.6 Å². The molecule has 0 saturated carbocycles. The second-order valence-electron chi connectivity index (χ2n) is 3.59. The highest BCUT2D eigenvalue weighted by molar-refractivity contribution is 7.98. The number of aliphatic hydroxyl groups is 1. The van der Waals surface area contributed by atoms with E-state index >= 15 is 0 Å². The lowest BCUT2D eigenvalue weighted by Gasteiger charge is -2.18. The molecule has 1 aromatic heterocycles. The Balaban J connectivity index is 2.94. The van der Waals surface area contributed by atoms with Gasteiger partial charge in [0.1, 0.15) is 0 Å². The number of carbonyl (C=O) groups excluding carboxylic acids is 1. The molecule has 1 rings (SSSR count). The molecule has 1 amide bonds. The Kier molecular flexibility index (Phi) is 5.17. The lowest BCUT2D eigenvalue weighted by Crippen LogP contribution is -2.33. The molecule has 0 aliphatic carbocycles. The molecular formula is C10H14ClN3O2S. The van der Waals surface area contributed by atoms with Crippen molar-refractivity contribution in [3.8, 4) is 0 Å². The first kappa shape index (κ1) is 14.2. The van der Waals surface area contributed by atoms with E-state index < -0.39 is 6.10 Å². The summed E-state index contributed by atoms with van der Waals surface area (Å²) in [6.45, 7) is 1.84. The van der Waals surface area contributed by atoms with Gasteiger partial charge in [-0.1, -0.05) is 23.4 Å². The molecule has 1 heterocycles. The fraction of sp³-hybridized carbons (Fsp3) is 0.500. The molecule has 0 aromatic carbocycles. The van der Waals surface area contributed by atoms with Crippen LogP contribution in [0.3, 0.4) is 0 Å². The number of thioether (sulfide) groups is 1. The summed E-state index contributed by atoms with van der Waals surface area (Å²) in [7, 11) is 1.59. The van der Waals surface area contributed by atoms with Crippen molar-refractivity contribution >= 4 is 29.3 Å². The van der Waals surface area contributed by atoms with Crippen molar-refractivity contribution in [1.82, 2.24) is 14.9 Å². The molecule has 0 spiro atoms. The number of hydrogen-bond acceptors (Lipinski definition) is 5. The summed E-state index contributed by atoms with van der Waals surface area (Å²) in [5.74, 6) is -0.325. The summed E-state index contributed by atoms with van der Waals surface area (Å²) in [5, 5.41) is 9.93. The van der Waals surface area contributed by atoms with Gasteiger partial charge in [0, 0.05) is 13.6 Å². The van der Waals surface area contributed by atoms with Crippen molar-refractivity contribution in [3.05, 3.63) is 16.9 Å². The molecule has 0 aliphatic rings. The molecule has 1 unspecified atom stereocenters. The van der Waals surface area contributed by atoms with Gasteiger partial charge in [-0.3, -0.25) is 4.79 Å². The fourth-order valence-corrected chi connectivity index (χ4v) is 1.77. The second-order valence-corrected chi connectivity index (χ2v) is 4.77. The number of halogens is 1. The van der Waals surface area contributed by atoms with Crippen LogP contribution in [0.4, 0.5) is 0 Å². The molecule has 0 bridgehead atoms. The average Bonchev–Trinajstić information content (AvgIpc) is 2.28. The van der Waals surface area contributed by atoms with E-state index in [9.17, 15) is 9.90 Å². The number of aliphatic hydroxyl groups excluding tert-OH is 1. The van der Waals surface area contributed by atoms with Crippen molar-refractivity contribution < 1.29 is 9.90 Å². The molecule has 0 fully saturated rings. The van der Waals surface area contributed by atoms with Crippen LogP contribution in [0.2, 0.25) is 5.02 Å². The van der Waals surface area contributed by atoms with Crippen LogP contribution in [-0.4, -0.2) is 51.8 Å². The summed E-state index contributed by atoms with van der Waals surface area (Å²) in [4.78, 5) is 21.4. The Morgan fingerprint density at radius 3 is 2.88 bits per heavy atom. The first-order valence-corrected chi connectivity index (χ1v) is 6.56. The third kappa shape index (κ3) is 3.83. The molecule has 17 heavy (non-hydrogen) atoms. The molecule has 0 saturated heterocycles. The maximum atomic E-state index is 12.0. The summed E-state index contributed by atoms with van der Waals surface area (Å²) in [6.07, 6.45) is 2.63. The quantitative estimate of drug-likeness (QED) is 0.663.